The van der Waals surface area contributed by atoms with Crippen LogP contribution in [0.2, 0.25) is 0 Å². The molecular formula is C17H14N2O2. The van der Waals surface area contributed by atoms with Gasteiger partial charge in [-0.25, -0.2) is 9.78 Å². The van der Waals surface area contributed by atoms with Crippen molar-refractivity contribution < 1.29 is 9.53 Å². The highest BCUT2D eigenvalue weighted by Crippen LogP contribution is 2.24. The Hall–Kier alpha value is -2.75. The van der Waals surface area contributed by atoms with E-state index in [9.17, 15) is 4.79 Å². The van der Waals surface area contributed by atoms with Crippen molar-refractivity contribution in [3.05, 3.63) is 60.4 Å². The van der Waals surface area contributed by atoms with Crippen molar-refractivity contribution in [1.82, 2.24) is 9.97 Å². The van der Waals surface area contributed by atoms with Gasteiger partial charge in [0.05, 0.1) is 23.4 Å². The second-order valence-electron chi connectivity index (χ2n) is 4.53. The van der Waals surface area contributed by atoms with Gasteiger partial charge in [-0.15, -0.1) is 0 Å². The number of carbonyl (C=O) groups excluding carboxylic acids is 1. The fourth-order valence-electron chi connectivity index (χ4n) is 2.22. The van der Waals surface area contributed by atoms with E-state index in [0.29, 0.717) is 17.9 Å². The number of carbonyl (C=O) groups is 1. The van der Waals surface area contributed by atoms with Crippen LogP contribution >= 0.6 is 0 Å². The molecule has 2 aromatic heterocycles. The van der Waals surface area contributed by atoms with Crippen LogP contribution < -0.4 is 0 Å². The van der Waals surface area contributed by atoms with Gasteiger partial charge in [0.25, 0.3) is 0 Å². The lowest BCUT2D eigenvalue weighted by Gasteiger charge is -2.09. The summed E-state index contributed by atoms with van der Waals surface area (Å²) >= 11 is 0. The quantitative estimate of drug-likeness (QED) is 0.688. The first kappa shape index (κ1) is 13.2. The van der Waals surface area contributed by atoms with E-state index in [1.54, 1.807) is 25.4 Å². The van der Waals surface area contributed by atoms with Gasteiger partial charge in [0.15, 0.2) is 0 Å². The Morgan fingerprint density at radius 2 is 2.05 bits per heavy atom. The predicted octanol–water partition coefficient (Wildman–Crippen LogP) is 3.47. The lowest BCUT2D eigenvalue weighted by atomic mass is 10.1. The van der Waals surface area contributed by atoms with Crippen LogP contribution in [0.4, 0.5) is 0 Å². The van der Waals surface area contributed by atoms with Gasteiger partial charge < -0.3 is 4.74 Å². The van der Waals surface area contributed by atoms with Crippen molar-refractivity contribution in [2.45, 2.75) is 6.92 Å². The van der Waals surface area contributed by atoms with Crippen LogP contribution in [-0.4, -0.2) is 22.5 Å². The first-order valence-corrected chi connectivity index (χ1v) is 6.77. The molecule has 2 heterocycles. The van der Waals surface area contributed by atoms with Gasteiger partial charge in [0, 0.05) is 23.3 Å². The van der Waals surface area contributed by atoms with Crippen LogP contribution in [0, 0.1) is 0 Å². The molecule has 0 N–H and O–H groups in total. The summed E-state index contributed by atoms with van der Waals surface area (Å²) in [5.41, 5.74) is 2.88. The highest BCUT2D eigenvalue weighted by Gasteiger charge is 2.14. The molecule has 0 aliphatic carbocycles. The average Bonchev–Trinajstić information content (AvgIpc) is 2.55. The molecule has 0 radical (unpaired) electrons. The summed E-state index contributed by atoms with van der Waals surface area (Å²) in [6.07, 6.45) is 3.43. The van der Waals surface area contributed by atoms with Gasteiger partial charge >= 0.3 is 5.97 Å². The van der Waals surface area contributed by atoms with Crippen LogP contribution in [0.15, 0.2) is 54.9 Å². The maximum atomic E-state index is 12.2. The van der Waals surface area contributed by atoms with Gasteiger partial charge in [-0.3, -0.25) is 4.98 Å². The molecule has 104 valence electrons. The normalized spacial score (nSPS) is 10.5. The number of pyridine rings is 2. The number of hydrogen-bond donors (Lipinski definition) is 0. The van der Waals surface area contributed by atoms with Gasteiger partial charge in [-0.2, -0.15) is 0 Å². The molecule has 0 bridgehead atoms. The minimum atomic E-state index is -0.332. The van der Waals surface area contributed by atoms with Crippen LogP contribution in [-0.2, 0) is 4.74 Å². The van der Waals surface area contributed by atoms with E-state index in [4.69, 9.17) is 4.74 Å². The molecule has 0 fully saturated rings. The summed E-state index contributed by atoms with van der Waals surface area (Å²) < 4.78 is 5.14. The van der Waals surface area contributed by atoms with Crippen LogP contribution in [0.25, 0.3) is 22.2 Å². The minimum absolute atomic E-state index is 0.332. The highest BCUT2D eigenvalue weighted by atomic mass is 16.5. The Kier molecular flexibility index (Phi) is 3.60. The number of rotatable bonds is 3. The fraction of sp³-hybridized carbons (Fsp3) is 0.118. The van der Waals surface area contributed by atoms with Crippen LogP contribution in [0.1, 0.15) is 17.3 Å². The average molecular weight is 278 g/mol. The summed E-state index contributed by atoms with van der Waals surface area (Å²) in [6, 6.07) is 13.1. The summed E-state index contributed by atoms with van der Waals surface area (Å²) in [7, 11) is 0. The smallest absolute Gasteiger partial charge is 0.338 e. The molecule has 0 atom stereocenters. The van der Waals surface area contributed by atoms with Crippen molar-refractivity contribution in [2.75, 3.05) is 6.61 Å². The molecule has 4 heteroatoms. The Bertz CT molecular complexity index is 785. The Morgan fingerprint density at radius 3 is 2.81 bits per heavy atom. The highest BCUT2D eigenvalue weighted by molar-refractivity contribution is 6.04. The van der Waals surface area contributed by atoms with Crippen molar-refractivity contribution in [1.29, 1.82) is 0 Å². The lowest BCUT2D eigenvalue weighted by molar-refractivity contribution is 0.0528. The Labute approximate surface area is 122 Å². The van der Waals surface area contributed by atoms with Gasteiger partial charge in [0.2, 0.25) is 0 Å². The van der Waals surface area contributed by atoms with Crippen molar-refractivity contribution in [2.24, 2.45) is 0 Å². The number of para-hydroxylation sites is 1. The van der Waals surface area contributed by atoms with E-state index in [-0.39, 0.29) is 5.97 Å². The first-order valence-electron chi connectivity index (χ1n) is 6.77. The lowest BCUT2D eigenvalue weighted by Crippen LogP contribution is -2.06. The fourth-order valence-corrected chi connectivity index (χ4v) is 2.22. The monoisotopic (exact) mass is 278 g/mol. The number of benzene rings is 1. The third-order valence-electron chi connectivity index (χ3n) is 3.17. The minimum Gasteiger partial charge on any atom is -0.462 e. The molecule has 0 saturated carbocycles. The molecule has 0 unspecified atom stereocenters. The van der Waals surface area contributed by atoms with E-state index < -0.39 is 0 Å². The van der Waals surface area contributed by atoms with Crippen molar-refractivity contribution in [3.63, 3.8) is 0 Å². The van der Waals surface area contributed by atoms with E-state index in [1.807, 2.05) is 36.4 Å². The van der Waals surface area contributed by atoms with E-state index in [1.165, 1.54) is 0 Å². The zero-order valence-electron chi connectivity index (χ0n) is 11.6. The number of esters is 1. The standard InChI is InChI=1S/C17H14N2O2/c1-2-21-17(20)14-10-16(12-6-5-9-18-11-12)19-15-8-4-3-7-13(14)15/h3-11H,2H2,1H3. The molecule has 1 aromatic carbocycles. The molecule has 0 saturated heterocycles. The summed E-state index contributed by atoms with van der Waals surface area (Å²) in [5, 5.41) is 0.795. The molecule has 3 rings (SSSR count). The predicted molar refractivity (Wildman–Crippen MR) is 80.9 cm³/mol. The zero-order chi connectivity index (χ0) is 14.7. The number of hydrogen-bond acceptors (Lipinski definition) is 4. The van der Waals surface area contributed by atoms with Crippen LogP contribution in [0.5, 0.6) is 0 Å². The number of nitrogens with zero attached hydrogens (tertiary/aromatic N) is 2. The van der Waals surface area contributed by atoms with E-state index in [2.05, 4.69) is 9.97 Å². The topological polar surface area (TPSA) is 52.1 Å². The number of ether oxygens (including phenoxy) is 1. The zero-order valence-corrected chi connectivity index (χ0v) is 11.6. The molecule has 0 spiro atoms. The Balaban J connectivity index is 2.22. The third-order valence-corrected chi connectivity index (χ3v) is 3.17. The molecule has 4 nitrogen and oxygen atoms in total. The summed E-state index contributed by atoms with van der Waals surface area (Å²) in [5.74, 6) is -0.332. The van der Waals surface area contributed by atoms with Crippen molar-refractivity contribution >= 4 is 16.9 Å². The van der Waals surface area contributed by atoms with E-state index in [0.717, 1.165) is 16.5 Å². The number of aromatic nitrogens is 2. The SMILES string of the molecule is CCOC(=O)c1cc(-c2cccnc2)nc2ccccc12. The summed E-state index contributed by atoms with van der Waals surface area (Å²) in [6.45, 7) is 2.14. The second kappa shape index (κ2) is 5.71. The first-order chi connectivity index (χ1) is 10.3. The third kappa shape index (κ3) is 2.60. The summed E-state index contributed by atoms with van der Waals surface area (Å²) in [4.78, 5) is 20.9. The molecular weight excluding hydrogens is 264 g/mol. The number of fused-ring (bicyclic) bond motifs is 1. The maximum absolute atomic E-state index is 12.2. The van der Waals surface area contributed by atoms with Crippen LogP contribution in [0.3, 0.4) is 0 Å². The van der Waals surface area contributed by atoms with Gasteiger partial charge in [0.1, 0.15) is 0 Å². The van der Waals surface area contributed by atoms with Gasteiger partial charge in [-0.05, 0) is 31.2 Å². The molecule has 3 aromatic rings. The Morgan fingerprint density at radius 1 is 1.19 bits per heavy atom. The van der Waals surface area contributed by atoms with Gasteiger partial charge in [-0.1, -0.05) is 18.2 Å². The maximum Gasteiger partial charge on any atom is 0.338 e. The van der Waals surface area contributed by atoms with Crippen molar-refractivity contribution in [3.8, 4) is 11.3 Å². The molecule has 0 aliphatic heterocycles. The second-order valence-corrected chi connectivity index (χ2v) is 4.53. The molecule has 21 heavy (non-hydrogen) atoms. The molecule has 0 amide bonds. The van der Waals surface area contributed by atoms with E-state index >= 15 is 0 Å². The largest absolute Gasteiger partial charge is 0.462 e. The molecule has 0 aliphatic rings.